The van der Waals surface area contributed by atoms with Gasteiger partial charge in [0.2, 0.25) is 11.6 Å². The number of nitriles is 1. The van der Waals surface area contributed by atoms with E-state index in [4.69, 9.17) is 5.26 Å². The molecule has 0 amide bonds. The van der Waals surface area contributed by atoms with Crippen molar-refractivity contribution in [2.24, 2.45) is 7.05 Å². The van der Waals surface area contributed by atoms with E-state index in [0.717, 1.165) is 10.8 Å². The molecule has 3 rings (SSSR count). The number of imidazole rings is 1. The second-order valence-corrected chi connectivity index (χ2v) is 3.94. The van der Waals surface area contributed by atoms with Gasteiger partial charge in [0.05, 0.1) is 28.9 Å². The fourth-order valence-corrected chi connectivity index (χ4v) is 1.93. The maximum Gasteiger partial charge on any atom is 0.290 e. The van der Waals surface area contributed by atoms with Crippen LogP contribution in [0.15, 0.2) is 29.2 Å². The molecule has 0 unspecified atom stereocenters. The van der Waals surface area contributed by atoms with Crippen molar-refractivity contribution in [1.29, 1.82) is 5.26 Å². The van der Waals surface area contributed by atoms with Crippen LogP contribution >= 0.6 is 0 Å². The summed E-state index contributed by atoms with van der Waals surface area (Å²) in [6.45, 7) is 0. The molecule has 0 bridgehead atoms. The lowest BCUT2D eigenvalue weighted by Gasteiger charge is -2.01. The van der Waals surface area contributed by atoms with Crippen LogP contribution in [0.4, 0.5) is 4.39 Å². The first-order valence-electron chi connectivity index (χ1n) is 5.19. The molecule has 0 radical (unpaired) electrons. The molecule has 0 atom stereocenters. The standard InChI is InChI=1S/C12H7FN4O/c1-16-11(18)8(13)6-17-10-4-7(5-14)2-3-9(10)15-12(16)17/h2-4,6H,1H3. The van der Waals surface area contributed by atoms with Crippen molar-refractivity contribution in [1.82, 2.24) is 14.0 Å². The number of aryl methyl sites for hydroxylation is 1. The minimum atomic E-state index is -0.855. The summed E-state index contributed by atoms with van der Waals surface area (Å²) in [5.41, 5.74) is 0.935. The van der Waals surface area contributed by atoms with Crippen LogP contribution in [0.25, 0.3) is 16.8 Å². The predicted molar refractivity (Wildman–Crippen MR) is 62.6 cm³/mol. The number of benzene rings is 1. The van der Waals surface area contributed by atoms with Crippen molar-refractivity contribution in [3.8, 4) is 6.07 Å². The number of nitrogens with zero attached hydrogens (tertiary/aromatic N) is 4. The van der Waals surface area contributed by atoms with Crippen LogP contribution in [0.1, 0.15) is 5.56 Å². The van der Waals surface area contributed by atoms with Gasteiger partial charge in [0.1, 0.15) is 0 Å². The summed E-state index contributed by atoms with van der Waals surface area (Å²) in [5.74, 6) is -0.516. The van der Waals surface area contributed by atoms with E-state index in [9.17, 15) is 9.18 Å². The Balaban J connectivity index is 2.58. The van der Waals surface area contributed by atoms with E-state index < -0.39 is 11.4 Å². The molecule has 6 heteroatoms. The average Bonchev–Trinajstić information content (AvgIpc) is 2.74. The van der Waals surface area contributed by atoms with Crippen LogP contribution < -0.4 is 5.56 Å². The van der Waals surface area contributed by atoms with Gasteiger partial charge >= 0.3 is 0 Å². The molecule has 18 heavy (non-hydrogen) atoms. The fourth-order valence-electron chi connectivity index (χ4n) is 1.93. The highest BCUT2D eigenvalue weighted by molar-refractivity contribution is 5.80. The Bertz CT molecular complexity index is 885. The average molecular weight is 242 g/mol. The molecule has 0 spiro atoms. The molecule has 0 aliphatic heterocycles. The fraction of sp³-hybridized carbons (Fsp3) is 0.0833. The van der Waals surface area contributed by atoms with Crippen LogP contribution in [0.2, 0.25) is 0 Å². The van der Waals surface area contributed by atoms with Crippen LogP contribution in [0, 0.1) is 17.1 Å². The summed E-state index contributed by atoms with van der Waals surface area (Å²) >= 11 is 0. The Hall–Kier alpha value is -2.68. The van der Waals surface area contributed by atoms with E-state index in [1.54, 1.807) is 18.2 Å². The topological polar surface area (TPSA) is 63.1 Å². The highest BCUT2D eigenvalue weighted by Crippen LogP contribution is 2.17. The molecule has 0 aliphatic rings. The number of hydrogen-bond donors (Lipinski definition) is 0. The van der Waals surface area contributed by atoms with Crippen LogP contribution in [0.3, 0.4) is 0 Å². The van der Waals surface area contributed by atoms with E-state index in [0.29, 0.717) is 22.4 Å². The molecule has 0 aliphatic carbocycles. The monoisotopic (exact) mass is 242 g/mol. The van der Waals surface area contributed by atoms with Crippen molar-refractivity contribution in [3.05, 3.63) is 46.1 Å². The van der Waals surface area contributed by atoms with Gasteiger partial charge in [-0.2, -0.15) is 9.65 Å². The molecule has 0 saturated heterocycles. The van der Waals surface area contributed by atoms with Crippen LogP contribution in [-0.2, 0) is 7.05 Å². The molecule has 0 N–H and O–H groups in total. The molecule has 5 nitrogen and oxygen atoms in total. The third-order valence-corrected chi connectivity index (χ3v) is 2.85. The summed E-state index contributed by atoms with van der Waals surface area (Å²) in [4.78, 5) is 15.7. The number of halogens is 1. The Morgan fingerprint density at radius 1 is 1.44 bits per heavy atom. The third-order valence-electron chi connectivity index (χ3n) is 2.85. The van der Waals surface area contributed by atoms with E-state index >= 15 is 0 Å². The van der Waals surface area contributed by atoms with Gasteiger partial charge in [-0.1, -0.05) is 0 Å². The number of aromatic nitrogens is 3. The zero-order chi connectivity index (χ0) is 12.9. The summed E-state index contributed by atoms with van der Waals surface area (Å²) in [6.07, 6.45) is 1.09. The minimum absolute atomic E-state index is 0.339. The zero-order valence-corrected chi connectivity index (χ0v) is 9.38. The normalized spacial score (nSPS) is 10.9. The van der Waals surface area contributed by atoms with Gasteiger partial charge in [-0.05, 0) is 18.2 Å². The van der Waals surface area contributed by atoms with E-state index in [1.165, 1.54) is 11.4 Å². The highest BCUT2D eigenvalue weighted by atomic mass is 19.1. The van der Waals surface area contributed by atoms with Crippen LogP contribution in [0.5, 0.6) is 0 Å². The second-order valence-electron chi connectivity index (χ2n) is 3.94. The van der Waals surface area contributed by atoms with Gasteiger partial charge in [-0.15, -0.1) is 0 Å². The number of fused-ring (bicyclic) bond motifs is 3. The molecule has 2 aromatic heterocycles. The van der Waals surface area contributed by atoms with Gasteiger partial charge in [0.15, 0.2) is 0 Å². The molecule has 3 aromatic rings. The van der Waals surface area contributed by atoms with Gasteiger partial charge < -0.3 is 0 Å². The van der Waals surface area contributed by atoms with E-state index in [1.807, 2.05) is 6.07 Å². The Kier molecular flexibility index (Phi) is 1.98. The Labute approximate surface area is 100 Å². The van der Waals surface area contributed by atoms with Gasteiger partial charge in [-0.25, -0.2) is 4.98 Å². The molecule has 1 aromatic carbocycles. The summed E-state index contributed by atoms with van der Waals surface area (Å²) < 4.78 is 16.1. The second kappa shape index (κ2) is 3.40. The third kappa shape index (κ3) is 1.24. The maximum atomic E-state index is 13.5. The van der Waals surface area contributed by atoms with Crippen molar-refractivity contribution in [2.75, 3.05) is 0 Å². The lowest BCUT2D eigenvalue weighted by molar-refractivity contribution is 0.581. The highest BCUT2D eigenvalue weighted by Gasteiger charge is 2.11. The van der Waals surface area contributed by atoms with Crippen molar-refractivity contribution >= 4 is 16.8 Å². The maximum absolute atomic E-state index is 13.5. The van der Waals surface area contributed by atoms with Crippen LogP contribution in [-0.4, -0.2) is 14.0 Å². The number of hydrogen-bond acceptors (Lipinski definition) is 3. The molecular formula is C12H7FN4O. The Morgan fingerprint density at radius 3 is 2.94 bits per heavy atom. The minimum Gasteiger partial charge on any atom is -0.282 e. The molecule has 0 saturated carbocycles. The molecule has 2 heterocycles. The predicted octanol–water partition coefficient (Wildman–Crippen LogP) is 1.20. The smallest absolute Gasteiger partial charge is 0.282 e. The summed E-state index contributed by atoms with van der Waals surface area (Å²) in [6, 6.07) is 6.92. The van der Waals surface area contributed by atoms with E-state index in [2.05, 4.69) is 4.98 Å². The first-order valence-corrected chi connectivity index (χ1v) is 5.19. The SMILES string of the molecule is Cn1c(=O)c(F)cn2c3cc(C#N)ccc3nc12. The molecule has 0 fully saturated rings. The van der Waals surface area contributed by atoms with Gasteiger partial charge in [0, 0.05) is 7.05 Å². The molecule has 88 valence electrons. The quantitative estimate of drug-likeness (QED) is 0.595. The largest absolute Gasteiger partial charge is 0.290 e. The van der Waals surface area contributed by atoms with Crippen molar-refractivity contribution < 1.29 is 4.39 Å². The molecular weight excluding hydrogens is 235 g/mol. The zero-order valence-electron chi connectivity index (χ0n) is 9.38. The van der Waals surface area contributed by atoms with Gasteiger partial charge in [-0.3, -0.25) is 13.8 Å². The lowest BCUT2D eigenvalue weighted by Crippen LogP contribution is -2.22. The summed E-state index contributed by atoms with van der Waals surface area (Å²) in [7, 11) is 1.46. The van der Waals surface area contributed by atoms with Crippen molar-refractivity contribution in [2.45, 2.75) is 0 Å². The first-order chi connectivity index (χ1) is 8.61. The first kappa shape index (κ1) is 10.5. The number of rotatable bonds is 0. The summed E-state index contributed by atoms with van der Waals surface area (Å²) in [5, 5.41) is 8.85. The Morgan fingerprint density at radius 2 is 2.22 bits per heavy atom. The van der Waals surface area contributed by atoms with Crippen molar-refractivity contribution in [3.63, 3.8) is 0 Å². The lowest BCUT2D eigenvalue weighted by atomic mass is 10.2. The van der Waals surface area contributed by atoms with Gasteiger partial charge in [0.25, 0.3) is 5.56 Å². The van der Waals surface area contributed by atoms with E-state index in [-0.39, 0.29) is 0 Å².